The number of rotatable bonds is 7. The average molecular weight is 702 g/mol. The van der Waals surface area contributed by atoms with E-state index in [1.165, 1.54) is 10.8 Å². The lowest BCUT2D eigenvalue weighted by atomic mass is 9.95. The number of benzene rings is 7. The van der Waals surface area contributed by atoms with E-state index in [0.717, 1.165) is 84.0 Å². The third-order valence-electron chi connectivity index (χ3n) is 10.4. The zero-order valence-corrected chi connectivity index (χ0v) is 30.0. The molecule has 7 aromatic carbocycles. The Morgan fingerprint density at radius 2 is 0.582 bits per heavy atom. The molecule has 3 heterocycles. The lowest BCUT2D eigenvalue weighted by molar-refractivity contribution is 1.18. The van der Waals surface area contributed by atoms with Crippen molar-refractivity contribution in [1.29, 1.82) is 0 Å². The van der Waals surface area contributed by atoms with Gasteiger partial charge in [0.1, 0.15) is 0 Å². The van der Waals surface area contributed by atoms with E-state index in [0.29, 0.717) is 0 Å². The number of para-hydroxylation sites is 2. The highest BCUT2D eigenvalue weighted by molar-refractivity contribution is 6.09. The molecule has 258 valence electrons. The minimum absolute atomic E-state index is 0.907. The molecule has 0 saturated carbocycles. The number of aromatic nitrogens is 3. The van der Waals surface area contributed by atoms with E-state index >= 15 is 0 Å². The van der Waals surface area contributed by atoms with E-state index < -0.39 is 0 Å². The largest absolute Gasteiger partial charge is 0.309 e. The average Bonchev–Trinajstić information content (AvgIpc) is 3.61. The molecular formula is C52H35N3. The van der Waals surface area contributed by atoms with Crippen molar-refractivity contribution < 1.29 is 0 Å². The molecule has 0 amide bonds. The summed E-state index contributed by atoms with van der Waals surface area (Å²) in [5, 5.41) is 2.45. The Labute approximate surface area is 320 Å². The topological polar surface area (TPSA) is 30.7 Å². The molecule has 0 aliphatic rings. The lowest BCUT2D eigenvalue weighted by Crippen LogP contribution is -1.98. The minimum atomic E-state index is 0.907. The second-order valence-electron chi connectivity index (χ2n) is 13.9. The van der Waals surface area contributed by atoms with Crippen molar-refractivity contribution >= 4 is 21.8 Å². The zero-order valence-electron chi connectivity index (χ0n) is 30.0. The van der Waals surface area contributed by atoms with Crippen LogP contribution >= 0.6 is 0 Å². The Balaban J connectivity index is 1.27. The highest BCUT2D eigenvalue weighted by Crippen LogP contribution is 2.39. The zero-order chi connectivity index (χ0) is 36.6. The van der Waals surface area contributed by atoms with Gasteiger partial charge in [-0.25, -0.2) is 9.97 Å². The van der Waals surface area contributed by atoms with E-state index in [1.54, 1.807) is 0 Å². The predicted molar refractivity (Wildman–Crippen MR) is 229 cm³/mol. The van der Waals surface area contributed by atoms with E-state index in [2.05, 4.69) is 205 Å². The van der Waals surface area contributed by atoms with Gasteiger partial charge in [-0.15, -0.1) is 0 Å². The molecular weight excluding hydrogens is 667 g/mol. The number of pyridine rings is 2. The summed E-state index contributed by atoms with van der Waals surface area (Å²) in [5.74, 6) is 0. The van der Waals surface area contributed by atoms with E-state index in [-0.39, 0.29) is 0 Å². The number of hydrogen-bond acceptors (Lipinski definition) is 2. The first-order valence-corrected chi connectivity index (χ1v) is 18.7. The molecule has 3 heteroatoms. The fourth-order valence-electron chi connectivity index (χ4n) is 7.70. The van der Waals surface area contributed by atoms with E-state index in [4.69, 9.17) is 9.97 Å². The van der Waals surface area contributed by atoms with Crippen LogP contribution in [0, 0.1) is 0 Å². The summed E-state index contributed by atoms with van der Waals surface area (Å²) in [4.78, 5) is 10.6. The molecule has 0 saturated heterocycles. The summed E-state index contributed by atoms with van der Waals surface area (Å²) in [5.41, 5.74) is 15.8. The van der Waals surface area contributed by atoms with Crippen LogP contribution < -0.4 is 0 Å². The molecule has 10 aromatic rings. The van der Waals surface area contributed by atoms with Crippen molar-refractivity contribution in [1.82, 2.24) is 14.5 Å². The lowest BCUT2D eigenvalue weighted by Gasteiger charge is -2.16. The molecule has 0 spiro atoms. The smallest absolute Gasteiger partial charge is 0.0716 e. The van der Waals surface area contributed by atoms with E-state index in [1.807, 2.05) is 12.1 Å². The van der Waals surface area contributed by atoms with Gasteiger partial charge in [0.15, 0.2) is 0 Å². The SMILES string of the molecule is c1ccc(-c2cc(-c3ccccc3)nc(-c3cc(-c4cc(-c5ccccc5)nc(-c5ccccc5)c4)cc(-n4c5ccccc5c5ccccc54)c3)c2)cc1. The maximum Gasteiger partial charge on any atom is 0.0716 e. The van der Waals surface area contributed by atoms with Gasteiger partial charge >= 0.3 is 0 Å². The summed E-state index contributed by atoms with van der Waals surface area (Å²) < 4.78 is 2.40. The van der Waals surface area contributed by atoms with Gasteiger partial charge in [0.05, 0.1) is 33.8 Å². The Morgan fingerprint density at radius 1 is 0.255 bits per heavy atom. The molecule has 3 aromatic heterocycles. The monoisotopic (exact) mass is 701 g/mol. The molecule has 0 N–H and O–H groups in total. The molecule has 0 unspecified atom stereocenters. The molecule has 10 rings (SSSR count). The molecule has 0 radical (unpaired) electrons. The van der Waals surface area contributed by atoms with Crippen molar-refractivity contribution in [3.05, 3.63) is 212 Å². The minimum Gasteiger partial charge on any atom is -0.309 e. The third-order valence-corrected chi connectivity index (χ3v) is 10.4. The molecule has 0 aliphatic carbocycles. The summed E-state index contributed by atoms with van der Waals surface area (Å²) in [6, 6.07) is 75.1. The fraction of sp³-hybridized carbons (Fsp3) is 0. The van der Waals surface area contributed by atoms with Crippen LogP contribution in [0.15, 0.2) is 212 Å². The van der Waals surface area contributed by atoms with Crippen LogP contribution in [0.25, 0.3) is 94.8 Å². The second kappa shape index (κ2) is 13.9. The van der Waals surface area contributed by atoms with Crippen LogP contribution in [-0.2, 0) is 0 Å². The number of fused-ring (bicyclic) bond motifs is 3. The number of hydrogen-bond donors (Lipinski definition) is 0. The first kappa shape index (κ1) is 32.3. The Kier molecular flexibility index (Phi) is 8.16. The highest BCUT2D eigenvalue weighted by Gasteiger charge is 2.17. The van der Waals surface area contributed by atoms with Crippen molar-refractivity contribution in [3.8, 4) is 73.0 Å². The van der Waals surface area contributed by atoms with Crippen molar-refractivity contribution in [2.24, 2.45) is 0 Å². The predicted octanol–water partition coefficient (Wildman–Crippen LogP) is 13.6. The Morgan fingerprint density at radius 3 is 1.04 bits per heavy atom. The van der Waals surface area contributed by atoms with Gasteiger partial charge in [-0.05, 0) is 76.9 Å². The summed E-state index contributed by atoms with van der Waals surface area (Å²) in [6.07, 6.45) is 0. The van der Waals surface area contributed by atoms with Gasteiger partial charge in [-0.3, -0.25) is 0 Å². The molecule has 0 fully saturated rings. The highest BCUT2D eigenvalue weighted by atomic mass is 15.0. The van der Waals surface area contributed by atoms with Crippen LogP contribution in [0.1, 0.15) is 0 Å². The van der Waals surface area contributed by atoms with Crippen LogP contribution in [0.3, 0.4) is 0 Å². The quantitative estimate of drug-likeness (QED) is 0.166. The standard InChI is InChI=1S/C52H35N3/c1-5-17-36(18-6-1)41-32-47(37-19-7-2-8-20-37)54-50(33-41)43-29-40(30-44(31-43)55-51-27-15-13-25-45(51)46-26-14-16-28-52(46)55)42-34-48(38-21-9-3-10-22-38)53-49(35-42)39-23-11-4-12-24-39/h1-35H. The number of nitrogens with zero attached hydrogens (tertiary/aromatic N) is 3. The summed E-state index contributed by atoms with van der Waals surface area (Å²) >= 11 is 0. The Hall–Kier alpha value is -7.36. The van der Waals surface area contributed by atoms with E-state index in [9.17, 15) is 0 Å². The van der Waals surface area contributed by atoms with Crippen LogP contribution in [0.5, 0.6) is 0 Å². The Bertz CT molecular complexity index is 2640. The van der Waals surface area contributed by atoms with Crippen molar-refractivity contribution in [3.63, 3.8) is 0 Å². The molecule has 0 aliphatic heterocycles. The van der Waals surface area contributed by atoms with Gasteiger partial charge in [-0.1, -0.05) is 158 Å². The molecule has 0 bridgehead atoms. The summed E-state index contributed by atoms with van der Waals surface area (Å²) in [7, 11) is 0. The maximum absolute atomic E-state index is 5.39. The molecule has 3 nitrogen and oxygen atoms in total. The normalized spacial score (nSPS) is 11.3. The third kappa shape index (κ3) is 6.18. The van der Waals surface area contributed by atoms with Gasteiger partial charge < -0.3 is 4.57 Å². The fourth-order valence-corrected chi connectivity index (χ4v) is 7.70. The maximum atomic E-state index is 5.39. The van der Waals surface area contributed by atoms with Crippen LogP contribution in [0.4, 0.5) is 0 Å². The van der Waals surface area contributed by atoms with Gasteiger partial charge in [0, 0.05) is 38.7 Å². The van der Waals surface area contributed by atoms with Crippen molar-refractivity contribution in [2.75, 3.05) is 0 Å². The first-order chi connectivity index (χ1) is 27.2. The summed E-state index contributed by atoms with van der Waals surface area (Å²) in [6.45, 7) is 0. The van der Waals surface area contributed by atoms with Crippen LogP contribution in [0.2, 0.25) is 0 Å². The first-order valence-electron chi connectivity index (χ1n) is 18.7. The van der Waals surface area contributed by atoms with Gasteiger partial charge in [-0.2, -0.15) is 0 Å². The van der Waals surface area contributed by atoms with Gasteiger partial charge in [0.25, 0.3) is 0 Å². The molecule has 0 atom stereocenters. The second-order valence-corrected chi connectivity index (χ2v) is 13.9. The van der Waals surface area contributed by atoms with Crippen LogP contribution in [-0.4, -0.2) is 14.5 Å². The van der Waals surface area contributed by atoms with Gasteiger partial charge in [0.2, 0.25) is 0 Å². The molecule has 55 heavy (non-hydrogen) atoms. The van der Waals surface area contributed by atoms with Crippen molar-refractivity contribution in [2.45, 2.75) is 0 Å².